The van der Waals surface area contributed by atoms with E-state index in [4.69, 9.17) is 13.9 Å². The molecule has 3 rings (SSSR count). The molecule has 26 heavy (non-hydrogen) atoms. The molecule has 140 valence electrons. The summed E-state index contributed by atoms with van der Waals surface area (Å²) in [6.45, 7) is 0.680. The van der Waals surface area contributed by atoms with Crippen LogP contribution in [0.5, 0.6) is 17.2 Å². The Morgan fingerprint density at radius 1 is 1.27 bits per heavy atom. The Hall–Kier alpha value is -2.51. The summed E-state index contributed by atoms with van der Waals surface area (Å²) in [5, 5.41) is 19.3. The van der Waals surface area contributed by atoms with E-state index in [1.165, 1.54) is 0 Å². The third-order valence-electron chi connectivity index (χ3n) is 4.71. The van der Waals surface area contributed by atoms with E-state index in [-0.39, 0.29) is 24.1 Å². The number of aromatic hydroxyl groups is 1. The van der Waals surface area contributed by atoms with Crippen LogP contribution in [0.2, 0.25) is 0 Å². The fourth-order valence-corrected chi connectivity index (χ4v) is 3.42. The van der Waals surface area contributed by atoms with Crippen molar-refractivity contribution in [3.8, 4) is 17.2 Å². The number of aliphatic hydroxyl groups is 1. The minimum atomic E-state index is -0.548. The molecule has 7 nitrogen and oxygen atoms in total. The lowest BCUT2D eigenvalue weighted by Gasteiger charge is -2.26. The maximum absolute atomic E-state index is 11.8. The molecular formula is C19H23NO6. The van der Waals surface area contributed by atoms with Gasteiger partial charge in [0.15, 0.2) is 5.76 Å². The van der Waals surface area contributed by atoms with Crippen molar-refractivity contribution < 1.29 is 24.1 Å². The van der Waals surface area contributed by atoms with Crippen LogP contribution in [0.3, 0.4) is 0 Å². The molecule has 0 spiro atoms. The topological polar surface area (TPSA) is 92.4 Å². The molecule has 1 aliphatic rings. The number of methoxy groups -OCH3 is 2. The first kappa shape index (κ1) is 18.3. The van der Waals surface area contributed by atoms with Crippen LogP contribution in [-0.2, 0) is 13.2 Å². The molecule has 0 radical (unpaired) electrons. The SMILES string of the molecule is COc1ccc([C@H]2CCCN2Cc2oc(CO)cc(=O)c2O)c(OC)c1. The average Bonchev–Trinajstić information content (AvgIpc) is 3.12. The van der Waals surface area contributed by atoms with Gasteiger partial charge in [-0.05, 0) is 25.5 Å². The molecule has 1 saturated heterocycles. The summed E-state index contributed by atoms with van der Waals surface area (Å²) in [7, 11) is 3.22. The van der Waals surface area contributed by atoms with Crippen LogP contribution in [-0.4, -0.2) is 35.9 Å². The van der Waals surface area contributed by atoms with Gasteiger partial charge in [-0.3, -0.25) is 9.69 Å². The number of hydrogen-bond donors (Lipinski definition) is 2. The number of rotatable bonds is 6. The predicted molar refractivity (Wildman–Crippen MR) is 94.5 cm³/mol. The molecular weight excluding hydrogens is 338 g/mol. The summed E-state index contributed by atoms with van der Waals surface area (Å²) in [6, 6.07) is 6.88. The van der Waals surface area contributed by atoms with Crippen molar-refractivity contribution in [1.29, 1.82) is 0 Å². The van der Waals surface area contributed by atoms with Gasteiger partial charge in [-0.1, -0.05) is 6.07 Å². The van der Waals surface area contributed by atoms with Crippen LogP contribution in [0.15, 0.2) is 33.5 Å². The van der Waals surface area contributed by atoms with Gasteiger partial charge >= 0.3 is 0 Å². The number of nitrogens with zero attached hydrogens (tertiary/aromatic N) is 1. The average molecular weight is 361 g/mol. The van der Waals surface area contributed by atoms with Crippen LogP contribution in [0.1, 0.15) is 36.0 Å². The van der Waals surface area contributed by atoms with Crippen molar-refractivity contribution in [3.05, 3.63) is 51.6 Å². The Bertz CT molecular complexity index is 831. The molecule has 1 aliphatic heterocycles. The van der Waals surface area contributed by atoms with Crippen molar-refractivity contribution in [2.45, 2.75) is 32.0 Å². The normalized spacial score (nSPS) is 17.4. The van der Waals surface area contributed by atoms with Gasteiger partial charge < -0.3 is 24.1 Å². The highest BCUT2D eigenvalue weighted by Gasteiger charge is 2.30. The number of benzene rings is 1. The number of aliphatic hydroxyl groups excluding tert-OH is 1. The van der Waals surface area contributed by atoms with Crippen molar-refractivity contribution >= 4 is 0 Å². The quantitative estimate of drug-likeness (QED) is 0.815. The molecule has 1 fully saturated rings. The lowest BCUT2D eigenvalue weighted by molar-refractivity contribution is 0.195. The van der Waals surface area contributed by atoms with Gasteiger partial charge in [-0.15, -0.1) is 0 Å². The third-order valence-corrected chi connectivity index (χ3v) is 4.71. The summed E-state index contributed by atoms with van der Waals surface area (Å²) in [4.78, 5) is 14.0. The van der Waals surface area contributed by atoms with E-state index < -0.39 is 17.8 Å². The maximum Gasteiger partial charge on any atom is 0.227 e. The van der Waals surface area contributed by atoms with Crippen LogP contribution in [0.25, 0.3) is 0 Å². The summed E-state index contributed by atoms with van der Waals surface area (Å²) >= 11 is 0. The summed E-state index contributed by atoms with van der Waals surface area (Å²) in [6.07, 6.45) is 1.90. The molecule has 0 amide bonds. The largest absolute Gasteiger partial charge is 0.502 e. The van der Waals surface area contributed by atoms with Crippen LogP contribution in [0.4, 0.5) is 0 Å². The Morgan fingerprint density at radius 3 is 2.77 bits per heavy atom. The van der Waals surface area contributed by atoms with Gasteiger partial charge in [-0.2, -0.15) is 0 Å². The second kappa shape index (κ2) is 7.80. The molecule has 1 atom stereocenters. The maximum atomic E-state index is 11.8. The molecule has 2 heterocycles. The van der Waals surface area contributed by atoms with E-state index in [0.717, 1.165) is 42.5 Å². The highest BCUT2D eigenvalue weighted by atomic mass is 16.5. The molecule has 2 aromatic rings. The summed E-state index contributed by atoms with van der Waals surface area (Å²) in [5.41, 5.74) is 0.471. The summed E-state index contributed by atoms with van der Waals surface area (Å²) < 4.78 is 16.3. The number of ether oxygens (including phenoxy) is 2. The second-order valence-electron chi connectivity index (χ2n) is 6.24. The monoisotopic (exact) mass is 361 g/mol. The Morgan fingerprint density at radius 2 is 2.08 bits per heavy atom. The first-order valence-electron chi connectivity index (χ1n) is 8.49. The summed E-state index contributed by atoms with van der Waals surface area (Å²) in [5.74, 6) is 1.35. The van der Waals surface area contributed by atoms with Crippen LogP contribution in [0, 0.1) is 0 Å². The molecule has 2 N–H and O–H groups in total. The van der Waals surface area contributed by atoms with Gasteiger partial charge in [0.05, 0.1) is 20.8 Å². The Kier molecular flexibility index (Phi) is 5.49. The van der Waals surface area contributed by atoms with Crippen LogP contribution >= 0.6 is 0 Å². The standard InChI is InChI=1S/C19H23NO6/c1-24-12-5-6-14(17(9-12)25-2)15-4-3-7-20(15)10-18-19(23)16(22)8-13(11-21)26-18/h5-6,8-9,15,21,23H,3-4,7,10-11H2,1-2H3/t15-/m1/s1. The van der Waals surface area contributed by atoms with E-state index in [9.17, 15) is 15.0 Å². The van der Waals surface area contributed by atoms with Crippen LogP contribution < -0.4 is 14.9 Å². The van der Waals surface area contributed by atoms with E-state index >= 15 is 0 Å². The second-order valence-corrected chi connectivity index (χ2v) is 6.24. The van der Waals surface area contributed by atoms with E-state index in [1.54, 1.807) is 14.2 Å². The van der Waals surface area contributed by atoms with Crippen molar-refractivity contribution in [2.24, 2.45) is 0 Å². The molecule has 1 aromatic heterocycles. The minimum absolute atomic E-state index is 0.0679. The van der Waals surface area contributed by atoms with Crippen molar-refractivity contribution in [2.75, 3.05) is 20.8 Å². The number of hydrogen-bond acceptors (Lipinski definition) is 7. The van der Waals surface area contributed by atoms with Gasteiger partial charge in [0, 0.05) is 23.7 Å². The first-order valence-corrected chi connectivity index (χ1v) is 8.49. The lowest BCUT2D eigenvalue weighted by Crippen LogP contribution is -2.24. The molecule has 7 heteroatoms. The zero-order valence-electron chi connectivity index (χ0n) is 14.9. The molecule has 0 unspecified atom stereocenters. The fraction of sp³-hybridized carbons (Fsp3) is 0.421. The zero-order valence-corrected chi connectivity index (χ0v) is 14.9. The third kappa shape index (κ3) is 3.54. The predicted octanol–water partition coefficient (Wildman–Crippen LogP) is 2.19. The van der Waals surface area contributed by atoms with E-state index in [2.05, 4.69) is 4.90 Å². The highest BCUT2D eigenvalue weighted by molar-refractivity contribution is 5.43. The first-order chi connectivity index (χ1) is 12.6. The van der Waals surface area contributed by atoms with Gasteiger partial charge in [-0.25, -0.2) is 0 Å². The molecule has 0 bridgehead atoms. The van der Waals surface area contributed by atoms with Crippen molar-refractivity contribution in [1.82, 2.24) is 4.90 Å². The molecule has 0 aliphatic carbocycles. The molecule has 0 saturated carbocycles. The van der Waals surface area contributed by atoms with Gasteiger partial charge in [0.1, 0.15) is 23.9 Å². The smallest absolute Gasteiger partial charge is 0.227 e. The van der Waals surface area contributed by atoms with Crippen molar-refractivity contribution in [3.63, 3.8) is 0 Å². The van der Waals surface area contributed by atoms with E-state index in [1.807, 2.05) is 18.2 Å². The highest BCUT2D eigenvalue weighted by Crippen LogP contribution is 2.39. The molecule has 1 aromatic carbocycles. The lowest BCUT2D eigenvalue weighted by atomic mass is 10.0. The Labute approximate surface area is 151 Å². The van der Waals surface area contributed by atoms with Gasteiger partial charge in [0.2, 0.25) is 11.2 Å². The number of likely N-dealkylation sites (tertiary alicyclic amines) is 1. The Balaban J connectivity index is 1.90. The zero-order chi connectivity index (χ0) is 18.7. The fourth-order valence-electron chi connectivity index (χ4n) is 3.42. The van der Waals surface area contributed by atoms with E-state index in [0.29, 0.717) is 0 Å². The van der Waals surface area contributed by atoms with Gasteiger partial charge in [0.25, 0.3) is 0 Å². The minimum Gasteiger partial charge on any atom is -0.502 e.